The van der Waals surface area contributed by atoms with Gasteiger partial charge in [0.25, 0.3) is 0 Å². The summed E-state index contributed by atoms with van der Waals surface area (Å²) >= 11 is 0. The molecule has 0 bridgehead atoms. The molecule has 1 aliphatic rings. The summed E-state index contributed by atoms with van der Waals surface area (Å²) < 4.78 is 5.04. The molecule has 0 amide bonds. The molecule has 1 aliphatic heterocycles. The van der Waals surface area contributed by atoms with Crippen LogP contribution in [0.1, 0.15) is 20.3 Å². The summed E-state index contributed by atoms with van der Waals surface area (Å²) in [7, 11) is 0. The van der Waals surface area contributed by atoms with Gasteiger partial charge < -0.3 is 4.74 Å². The summed E-state index contributed by atoms with van der Waals surface area (Å²) in [6.45, 7) is 3.89. The van der Waals surface area contributed by atoms with Crippen LogP contribution in [-0.2, 0) is 4.74 Å². The molecular weight excluding hydrogens is 102 g/mol. The van der Waals surface area contributed by atoms with Crippen molar-refractivity contribution in [1.29, 1.82) is 5.26 Å². The molecule has 0 aromatic carbocycles. The smallest absolute Gasteiger partial charge is 0.180 e. The average Bonchev–Trinajstić information content (AvgIpc) is 2.43. The van der Waals surface area contributed by atoms with Crippen molar-refractivity contribution in [2.75, 3.05) is 0 Å². The van der Waals surface area contributed by atoms with Crippen LogP contribution in [0.4, 0.5) is 0 Å². The summed E-state index contributed by atoms with van der Waals surface area (Å²) in [4.78, 5) is 0. The van der Waals surface area contributed by atoms with E-state index in [4.69, 9.17) is 10.00 Å². The van der Waals surface area contributed by atoms with Gasteiger partial charge in [0.05, 0.1) is 6.10 Å². The van der Waals surface area contributed by atoms with E-state index in [-0.39, 0.29) is 6.10 Å². The Morgan fingerprint density at radius 2 is 2.38 bits per heavy atom. The summed E-state index contributed by atoms with van der Waals surface area (Å²) in [5, 5.41) is 8.45. The van der Waals surface area contributed by atoms with E-state index < -0.39 is 5.60 Å². The number of nitriles is 1. The lowest BCUT2D eigenvalue weighted by molar-refractivity contribution is 0.334. The second-order valence-corrected chi connectivity index (χ2v) is 2.11. The van der Waals surface area contributed by atoms with E-state index in [2.05, 4.69) is 6.07 Å². The van der Waals surface area contributed by atoms with E-state index in [0.717, 1.165) is 6.42 Å². The van der Waals surface area contributed by atoms with Crippen molar-refractivity contribution >= 4 is 0 Å². The van der Waals surface area contributed by atoms with Crippen molar-refractivity contribution < 1.29 is 4.74 Å². The van der Waals surface area contributed by atoms with Crippen LogP contribution >= 0.6 is 0 Å². The second kappa shape index (κ2) is 1.46. The molecule has 0 unspecified atom stereocenters. The van der Waals surface area contributed by atoms with Gasteiger partial charge in [-0.05, 0) is 13.3 Å². The minimum absolute atomic E-state index is 0.164. The standard InChI is InChI=1S/C6H9NO/c1-3-6(4-7)5(2)8-6/h5H,3H2,1-2H3/t5-,6-/m1/s1. The number of rotatable bonds is 1. The van der Waals surface area contributed by atoms with Gasteiger partial charge in [0.1, 0.15) is 6.07 Å². The first-order valence-electron chi connectivity index (χ1n) is 2.84. The molecule has 2 nitrogen and oxygen atoms in total. The van der Waals surface area contributed by atoms with Gasteiger partial charge in [-0.15, -0.1) is 0 Å². The lowest BCUT2D eigenvalue weighted by Gasteiger charge is -1.91. The Labute approximate surface area is 49.1 Å². The third-order valence-corrected chi connectivity index (χ3v) is 1.70. The molecule has 2 heteroatoms. The Kier molecular flexibility index (Phi) is 1.02. The van der Waals surface area contributed by atoms with E-state index in [1.54, 1.807) is 0 Å². The summed E-state index contributed by atoms with van der Waals surface area (Å²) in [5.74, 6) is 0. The van der Waals surface area contributed by atoms with Crippen molar-refractivity contribution in [3.05, 3.63) is 0 Å². The zero-order valence-electron chi connectivity index (χ0n) is 5.14. The summed E-state index contributed by atoms with van der Waals surface area (Å²) in [5.41, 5.74) is -0.403. The van der Waals surface area contributed by atoms with Crippen LogP contribution < -0.4 is 0 Å². The first kappa shape index (κ1) is 5.58. The van der Waals surface area contributed by atoms with Crippen molar-refractivity contribution in [1.82, 2.24) is 0 Å². The molecule has 0 aliphatic carbocycles. The lowest BCUT2D eigenvalue weighted by atomic mass is 10.1. The van der Waals surface area contributed by atoms with Crippen LogP contribution in [0.2, 0.25) is 0 Å². The third-order valence-electron chi connectivity index (χ3n) is 1.70. The quantitative estimate of drug-likeness (QED) is 0.474. The van der Waals surface area contributed by atoms with Crippen LogP contribution in [-0.4, -0.2) is 11.7 Å². The number of ether oxygens (including phenoxy) is 1. The van der Waals surface area contributed by atoms with Crippen molar-refractivity contribution in [2.24, 2.45) is 0 Å². The first-order chi connectivity index (χ1) is 3.75. The maximum atomic E-state index is 8.45. The third kappa shape index (κ3) is 0.517. The number of hydrogen-bond acceptors (Lipinski definition) is 2. The Bertz CT molecular complexity index is 134. The number of nitrogens with zero attached hydrogens (tertiary/aromatic N) is 1. The predicted octanol–water partition coefficient (Wildman–Crippen LogP) is 1.08. The molecule has 1 saturated heterocycles. The Morgan fingerprint density at radius 3 is 2.38 bits per heavy atom. The molecule has 0 radical (unpaired) electrons. The Hall–Kier alpha value is -0.550. The van der Waals surface area contributed by atoms with E-state index in [0.29, 0.717) is 0 Å². The second-order valence-electron chi connectivity index (χ2n) is 2.11. The van der Waals surface area contributed by atoms with Gasteiger partial charge in [-0.1, -0.05) is 6.92 Å². The maximum Gasteiger partial charge on any atom is 0.180 e. The molecule has 0 N–H and O–H groups in total. The van der Waals surface area contributed by atoms with Crippen LogP contribution in [0.5, 0.6) is 0 Å². The van der Waals surface area contributed by atoms with Gasteiger partial charge in [-0.3, -0.25) is 0 Å². The van der Waals surface area contributed by atoms with Crippen molar-refractivity contribution in [2.45, 2.75) is 32.0 Å². The molecule has 0 spiro atoms. The van der Waals surface area contributed by atoms with Gasteiger partial charge in [0, 0.05) is 0 Å². The summed E-state index contributed by atoms with van der Waals surface area (Å²) in [6.07, 6.45) is 0.975. The molecule has 1 rings (SSSR count). The van der Waals surface area contributed by atoms with Crippen LogP contribution in [0.3, 0.4) is 0 Å². The number of epoxide rings is 1. The molecule has 2 atom stereocenters. The van der Waals surface area contributed by atoms with Gasteiger partial charge in [-0.25, -0.2) is 0 Å². The predicted molar refractivity (Wildman–Crippen MR) is 29.2 cm³/mol. The minimum Gasteiger partial charge on any atom is -0.350 e. The highest BCUT2D eigenvalue weighted by molar-refractivity contribution is 5.15. The van der Waals surface area contributed by atoms with Crippen molar-refractivity contribution in [3.63, 3.8) is 0 Å². The highest BCUT2D eigenvalue weighted by atomic mass is 16.6. The topological polar surface area (TPSA) is 36.3 Å². The van der Waals surface area contributed by atoms with Crippen LogP contribution in [0.25, 0.3) is 0 Å². The minimum atomic E-state index is -0.403. The average molecular weight is 111 g/mol. The molecule has 0 aromatic rings. The molecule has 8 heavy (non-hydrogen) atoms. The molecule has 44 valence electrons. The van der Waals surface area contributed by atoms with E-state index in [1.165, 1.54) is 0 Å². The van der Waals surface area contributed by atoms with Crippen molar-refractivity contribution in [3.8, 4) is 6.07 Å². The highest BCUT2D eigenvalue weighted by Gasteiger charge is 2.52. The largest absolute Gasteiger partial charge is 0.350 e. The molecule has 0 aromatic heterocycles. The Balaban J connectivity index is 2.56. The van der Waals surface area contributed by atoms with E-state index in [9.17, 15) is 0 Å². The van der Waals surface area contributed by atoms with Gasteiger partial charge in [0.2, 0.25) is 0 Å². The van der Waals surface area contributed by atoms with Gasteiger partial charge in [-0.2, -0.15) is 5.26 Å². The zero-order valence-corrected chi connectivity index (χ0v) is 5.14. The highest BCUT2D eigenvalue weighted by Crippen LogP contribution is 2.37. The normalized spacial score (nSPS) is 43.4. The van der Waals surface area contributed by atoms with Gasteiger partial charge in [0.15, 0.2) is 5.60 Å². The molecule has 1 fully saturated rings. The number of hydrogen-bond donors (Lipinski definition) is 0. The fraction of sp³-hybridized carbons (Fsp3) is 0.833. The fourth-order valence-electron chi connectivity index (χ4n) is 0.849. The summed E-state index contributed by atoms with van der Waals surface area (Å²) in [6, 6.07) is 2.13. The first-order valence-corrected chi connectivity index (χ1v) is 2.84. The fourth-order valence-corrected chi connectivity index (χ4v) is 0.849. The SMILES string of the molecule is CC[C@]1(C#N)O[C@@H]1C. The molecular formula is C6H9NO. The monoisotopic (exact) mass is 111 g/mol. The molecule has 1 heterocycles. The van der Waals surface area contributed by atoms with E-state index in [1.807, 2.05) is 13.8 Å². The maximum absolute atomic E-state index is 8.45. The molecule has 0 saturated carbocycles. The lowest BCUT2D eigenvalue weighted by Crippen LogP contribution is -2.07. The van der Waals surface area contributed by atoms with Crippen LogP contribution in [0, 0.1) is 11.3 Å². The Morgan fingerprint density at radius 1 is 1.88 bits per heavy atom. The van der Waals surface area contributed by atoms with Crippen LogP contribution in [0.15, 0.2) is 0 Å². The van der Waals surface area contributed by atoms with E-state index >= 15 is 0 Å². The zero-order chi connectivity index (χ0) is 6.20. The van der Waals surface area contributed by atoms with Gasteiger partial charge >= 0.3 is 0 Å².